The lowest BCUT2D eigenvalue weighted by molar-refractivity contribution is -0.117. The van der Waals surface area contributed by atoms with Gasteiger partial charge in [0, 0.05) is 43.2 Å². The topological polar surface area (TPSA) is 95.5 Å². The minimum atomic E-state index is -0.495. The van der Waals surface area contributed by atoms with Crippen LogP contribution < -0.4 is 5.73 Å². The Balaban J connectivity index is 1.66. The Morgan fingerprint density at radius 2 is 1.81 bits per heavy atom. The molecule has 0 spiro atoms. The molecule has 162 valence electrons. The summed E-state index contributed by atoms with van der Waals surface area (Å²) in [5, 5.41) is 14.1. The van der Waals surface area contributed by atoms with Crippen molar-refractivity contribution in [1.29, 1.82) is 5.26 Å². The van der Waals surface area contributed by atoms with Crippen molar-refractivity contribution >= 4 is 5.78 Å². The predicted octanol–water partition coefficient (Wildman–Crippen LogP) is 2.82. The summed E-state index contributed by atoms with van der Waals surface area (Å²) < 4.78 is 5.54. The summed E-state index contributed by atoms with van der Waals surface area (Å²) in [7, 11) is 0. The molecule has 32 heavy (non-hydrogen) atoms. The smallest absolute Gasteiger partial charge is 0.162 e. The van der Waals surface area contributed by atoms with Gasteiger partial charge in [-0.15, -0.1) is 0 Å². The van der Waals surface area contributed by atoms with Crippen LogP contribution >= 0.6 is 0 Å². The second-order valence-electron chi connectivity index (χ2n) is 8.31. The number of ketones is 1. The molecule has 5 rings (SSSR count). The number of benzene rings is 1. The number of Topliss-reactive ketones (excluding diaryl/α,β-unsaturated/α-hetero) is 1. The number of aromatic nitrogens is 1. The zero-order valence-corrected chi connectivity index (χ0v) is 17.8. The van der Waals surface area contributed by atoms with Crippen LogP contribution in [0.15, 0.2) is 77.5 Å². The van der Waals surface area contributed by atoms with Gasteiger partial charge in [-0.25, -0.2) is 5.01 Å². The third kappa shape index (κ3) is 3.48. The predicted molar refractivity (Wildman–Crippen MR) is 118 cm³/mol. The lowest BCUT2D eigenvalue weighted by Gasteiger charge is -2.46. The van der Waals surface area contributed by atoms with E-state index < -0.39 is 5.92 Å². The summed E-state index contributed by atoms with van der Waals surface area (Å²) >= 11 is 0. The highest BCUT2D eigenvalue weighted by molar-refractivity contribution is 6.00. The van der Waals surface area contributed by atoms with E-state index in [1.807, 2.05) is 35.3 Å². The number of hydrazine groups is 1. The highest BCUT2D eigenvalue weighted by Gasteiger charge is 2.44. The van der Waals surface area contributed by atoms with Crippen LogP contribution in [0.4, 0.5) is 0 Å². The van der Waals surface area contributed by atoms with Gasteiger partial charge in [-0.05, 0) is 29.5 Å². The zero-order valence-electron chi connectivity index (χ0n) is 17.8. The van der Waals surface area contributed by atoms with Crippen molar-refractivity contribution in [3.63, 3.8) is 0 Å². The van der Waals surface area contributed by atoms with Gasteiger partial charge in [-0.3, -0.25) is 14.8 Å². The number of hydrogen-bond acceptors (Lipinski definition) is 7. The average Bonchev–Trinajstić information content (AvgIpc) is 2.85. The summed E-state index contributed by atoms with van der Waals surface area (Å²) in [6, 6.07) is 16.2. The van der Waals surface area contributed by atoms with Gasteiger partial charge in [-0.2, -0.15) is 5.26 Å². The van der Waals surface area contributed by atoms with Crippen LogP contribution in [0.3, 0.4) is 0 Å². The summed E-state index contributed by atoms with van der Waals surface area (Å²) in [6.45, 7) is 2.46. The van der Waals surface area contributed by atoms with E-state index in [4.69, 9.17) is 10.5 Å². The molecule has 0 radical (unpaired) electrons. The maximum atomic E-state index is 13.7. The van der Waals surface area contributed by atoms with Crippen LogP contribution in [-0.2, 0) is 9.53 Å². The van der Waals surface area contributed by atoms with Crippen LogP contribution in [0.25, 0.3) is 0 Å². The molecule has 0 amide bonds. The average molecular weight is 428 g/mol. The van der Waals surface area contributed by atoms with E-state index in [0.717, 1.165) is 16.8 Å². The SMILES string of the molecule is N#CC1=C(N)N(N2CCOCC2)C2=C(C(=O)C[C@H](c3ccccc3)C2)[C@H]1c1cccnc1. The third-order valence-corrected chi connectivity index (χ3v) is 6.50. The summed E-state index contributed by atoms with van der Waals surface area (Å²) in [5.74, 6) is 0.0261. The first-order valence-electron chi connectivity index (χ1n) is 10.9. The third-order valence-electron chi connectivity index (χ3n) is 6.50. The molecule has 2 aliphatic heterocycles. The number of nitrogens with zero attached hydrogens (tertiary/aromatic N) is 4. The minimum Gasteiger partial charge on any atom is -0.383 e. The number of carbonyl (C=O) groups excluding carboxylic acids is 1. The number of nitriles is 1. The fraction of sp³-hybridized carbons (Fsp3) is 0.320. The fourth-order valence-corrected chi connectivity index (χ4v) is 5.03. The second kappa shape index (κ2) is 8.58. The minimum absolute atomic E-state index is 0.0625. The molecule has 1 aliphatic carbocycles. The highest BCUT2D eigenvalue weighted by Crippen LogP contribution is 2.48. The number of morpholine rings is 1. The van der Waals surface area contributed by atoms with Crippen molar-refractivity contribution in [2.75, 3.05) is 26.3 Å². The summed E-state index contributed by atoms with van der Waals surface area (Å²) in [4.78, 5) is 17.9. The van der Waals surface area contributed by atoms with Gasteiger partial charge in [0.25, 0.3) is 0 Å². The standard InChI is InChI=1S/C25H25N5O2/c26-15-20-23(18-7-4-8-28-16-18)24-21(30(25(20)27)29-9-11-32-12-10-29)13-19(14-22(24)31)17-5-2-1-3-6-17/h1-8,16,19,23H,9-14,27H2/t19-,23+/m1/s1. The lowest BCUT2D eigenvalue weighted by atomic mass is 9.72. The van der Waals surface area contributed by atoms with Gasteiger partial charge in [0.15, 0.2) is 5.78 Å². The second-order valence-corrected chi connectivity index (χ2v) is 8.31. The number of allylic oxidation sites excluding steroid dienone is 3. The molecule has 7 heteroatoms. The quantitative estimate of drug-likeness (QED) is 0.805. The van der Waals surface area contributed by atoms with E-state index in [1.165, 1.54) is 0 Å². The van der Waals surface area contributed by atoms with Crippen molar-refractivity contribution in [2.45, 2.75) is 24.7 Å². The monoisotopic (exact) mass is 427 g/mol. The molecule has 0 unspecified atom stereocenters. The molecule has 2 N–H and O–H groups in total. The molecule has 3 heterocycles. The molecular formula is C25H25N5O2. The Hall–Kier alpha value is -3.47. The Bertz CT molecular complexity index is 1110. The van der Waals surface area contributed by atoms with Crippen LogP contribution in [0.5, 0.6) is 0 Å². The number of rotatable bonds is 3. The molecule has 2 aromatic rings. The van der Waals surface area contributed by atoms with E-state index in [1.54, 1.807) is 12.4 Å². The maximum absolute atomic E-state index is 13.7. The van der Waals surface area contributed by atoms with E-state index in [9.17, 15) is 10.1 Å². The van der Waals surface area contributed by atoms with Crippen molar-refractivity contribution in [3.05, 3.63) is 88.6 Å². The van der Waals surface area contributed by atoms with Crippen molar-refractivity contribution in [2.24, 2.45) is 5.73 Å². The van der Waals surface area contributed by atoms with Crippen molar-refractivity contribution in [1.82, 2.24) is 15.0 Å². The van der Waals surface area contributed by atoms with E-state index in [2.05, 4.69) is 28.2 Å². The molecule has 0 saturated carbocycles. The van der Waals surface area contributed by atoms with Gasteiger partial charge in [0.1, 0.15) is 5.82 Å². The van der Waals surface area contributed by atoms with Gasteiger partial charge >= 0.3 is 0 Å². The molecule has 1 fully saturated rings. The normalized spacial score (nSPS) is 24.3. The van der Waals surface area contributed by atoms with Crippen LogP contribution in [-0.4, -0.2) is 47.1 Å². The molecule has 1 saturated heterocycles. The van der Waals surface area contributed by atoms with Crippen molar-refractivity contribution < 1.29 is 9.53 Å². The van der Waals surface area contributed by atoms with E-state index >= 15 is 0 Å². The number of nitrogens with two attached hydrogens (primary N) is 1. The van der Waals surface area contributed by atoms with Gasteiger partial charge < -0.3 is 10.5 Å². The van der Waals surface area contributed by atoms with Crippen LogP contribution in [0.1, 0.15) is 35.8 Å². The molecular weight excluding hydrogens is 402 g/mol. The van der Waals surface area contributed by atoms with Gasteiger partial charge in [0.05, 0.1) is 30.8 Å². The van der Waals surface area contributed by atoms with Gasteiger partial charge in [0.2, 0.25) is 0 Å². The maximum Gasteiger partial charge on any atom is 0.162 e. The first-order valence-corrected chi connectivity index (χ1v) is 10.9. The number of pyridine rings is 1. The number of carbonyl (C=O) groups is 1. The highest BCUT2D eigenvalue weighted by atomic mass is 16.5. The Morgan fingerprint density at radius 1 is 1.06 bits per heavy atom. The Labute approximate surface area is 187 Å². The first-order chi connectivity index (χ1) is 15.7. The molecule has 1 aromatic heterocycles. The summed E-state index contributed by atoms with van der Waals surface area (Å²) in [5.41, 5.74) is 10.6. The first kappa shape index (κ1) is 20.4. The zero-order chi connectivity index (χ0) is 22.1. The Morgan fingerprint density at radius 3 is 2.50 bits per heavy atom. The number of hydrogen-bond donors (Lipinski definition) is 1. The lowest BCUT2D eigenvalue weighted by Crippen LogP contribution is -2.52. The number of ether oxygens (including phenoxy) is 1. The van der Waals surface area contributed by atoms with Gasteiger partial charge in [-0.1, -0.05) is 36.4 Å². The molecule has 1 aromatic carbocycles. The Kier molecular flexibility index (Phi) is 5.48. The largest absolute Gasteiger partial charge is 0.383 e. The van der Waals surface area contributed by atoms with E-state index in [0.29, 0.717) is 56.1 Å². The molecule has 7 nitrogen and oxygen atoms in total. The van der Waals surface area contributed by atoms with E-state index in [-0.39, 0.29) is 11.7 Å². The molecule has 3 aliphatic rings. The summed E-state index contributed by atoms with van der Waals surface area (Å²) in [6.07, 6.45) is 4.50. The fourth-order valence-electron chi connectivity index (χ4n) is 5.03. The van der Waals surface area contributed by atoms with Crippen LogP contribution in [0.2, 0.25) is 0 Å². The van der Waals surface area contributed by atoms with Crippen LogP contribution in [0, 0.1) is 11.3 Å². The van der Waals surface area contributed by atoms with Crippen molar-refractivity contribution in [3.8, 4) is 6.07 Å². The molecule has 2 atom stereocenters. The molecule has 0 bridgehead atoms.